The van der Waals surface area contributed by atoms with Crippen LogP contribution >= 0.6 is 11.8 Å². The molecule has 2 unspecified atom stereocenters. The quantitative estimate of drug-likeness (QED) is 0.655. The number of rotatable bonds is 6. The first-order valence-corrected chi connectivity index (χ1v) is 7.49. The van der Waals surface area contributed by atoms with Gasteiger partial charge in [0.1, 0.15) is 0 Å². The molecule has 1 heterocycles. The third-order valence-corrected chi connectivity index (χ3v) is 3.84. The second-order valence-corrected chi connectivity index (χ2v) is 6.17. The number of aliphatic hydroxyl groups excluding tert-OH is 1. The Kier molecular flexibility index (Phi) is 6.92. The zero-order chi connectivity index (χ0) is 12.7. The van der Waals surface area contributed by atoms with Crippen molar-refractivity contribution in [2.24, 2.45) is 5.92 Å². The number of carbonyl (C=O) groups is 1. The van der Waals surface area contributed by atoms with E-state index in [-0.39, 0.29) is 11.9 Å². The van der Waals surface area contributed by atoms with Crippen molar-refractivity contribution in [2.75, 3.05) is 24.6 Å². The van der Waals surface area contributed by atoms with Gasteiger partial charge in [0.2, 0.25) is 5.91 Å². The van der Waals surface area contributed by atoms with Crippen LogP contribution in [0.3, 0.4) is 0 Å². The minimum absolute atomic E-state index is 0.0350. The monoisotopic (exact) mass is 260 g/mol. The molecule has 0 saturated carbocycles. The van der Waals surface area contributed by atoms with E-state index in [4.69, 9.17) is 0 Å². The molecule has 1 amide bonds. The summed E-state index contributed by atoms with van der Waals surface area (Å²) in [6.45, 7) is 5.48. The second-order valence-electron chi connectivity index (χ2n) is 5.02. The van der Waals surface area contributed by atoms with Gasteiger partial charge in [-0.3, -0.25) is 4.79 Å². The predicted octanol–water partition coefficient (Wildman–Crippen LogP) is 0.605. The van der Waals surface area contributed by atoms with Crippen LogP contribution in [0, 0.1) is 5.92 Å². The minimum Gasteiger partial charge on any atom is -0.391 e. The molecule has 1 saturated heterocycles. The number of hydrogen-bond acceptors (Lipinski definition) is 4. The normalized spacial score (nSPS) is 22.5. The summed E-state index contributed by atoms with van der Waals surface area (Å²) >= 11 is 1.89. The molecule has 1 aliphatic rings. The third kappa shape index (κ3) is 6.91. The Morgan fingerprint density at radius 2 is 2.35 bits per heavy atom. The molecule has 0 spiro atoms. The summed E-state index contributed by atoms with van der Waals surface area (Å²) in [6.07, 6.45) is 0.826. The highest BCUT2D eigenvalue weighted by molar-refractivity contribution is 7.99. The van der Waals surface area contributed by atoms with Gasteiger partial charge < -0.3 is 15.7 Å². The van der Waals surface area contributed by atoms with E-state index in [9.17, 15) is 9.90 Å². The summed E-state index contributed by atoms with van der Waals surface area (Å²) in [5.74, 6) is 2.62. The van der Waals surface area contributed by atoms with Crippen LogP contribution in [0.4, 0.5) is 0 Å². The molecule has 3 N–H and O–H groups in total. The number of amides is 1. The average molecular weight is 260 g/mol. The molecule has 0 radical (unpaired) electrons. The molecule has 100 valence electrons. The molecular weight excluding hydrogens is 236 g/mol. The summed E-state index contributed by atoms with van der Waals surface area (Å²) in [5, 5.41) is 15.8. The zero-order valence-electron chi connectivity index (χ0n) is 10.7. The van der Waals surface area contributed by atoms with Crippen LogP contribution in [0.1, 0.15) is 26.7 Å². The van der Waals surface area contributed by atoms with Crippen LogP contribution in [0.15, 0.2) is 0 Å². The Morgan fingerprint density at radius 1 is 1.59 bits per heavy atom. The van der Waals surface area contributed by atoms with Crippen molar-refractivity contribution in [1.29, 1.82) is 0 Å². The summed E-state index contributed by atoms with van der Waals surface area (Å²) in [4.78, 5) is 11.6. The van der Waals surface area contributed by atoms with E-state index in [0.29, 0.717) is 18.9 Å². The third-order valence-electron chi connectivity index (χ3n) is 2.71. The molecule has 0 aliphatic carbocycles. The number of thioether (sulfide) groups is 1. The van der Waals surface area contributed by atoms with Crippen LogP contribution < -0.4 is 10.6 Å². The van der Waals surface area contributed by atoms with Gasteiger partial charge in [-0.15, -0.1) is 0 Å². The number of carbonyl (C=O) groups excluding carboxylic acids is 1. The molecule has 2 atom stereocenters. The van der Waals surface area contributed by atoms with E-state index in [1.165, 1.54) is 0 Å². The summed E-state index contributed by atoms with van der Waals surface area (Å²) in [6, 6.07) is 0.288. The van der Waals surface area contributed by atoms with Crippen LogP contribution in [0.2, 0.25) is 0 Å². The minimum atomic E-state index is -0.423. The van der Waals surface area contributed by atoms with E-state index < -0.39 is 6.10 Å². The molecule has 1 fully saturated rings. The smallest absolute Gasteiger partial charge is 0.221 e. The molecule has 17 heavy (non-hydrogen) atoms. The standard InChI is InChI=1S/C12H24N2O2S/c1-9(2)5-11(15)7-14-12(16)6-10-8-17-4-3-13-10/h9-11,13,15H,3-8H2,1-2H3,(H,14,16). The summed E-state index contributed by atoms with van der Waals surface area (Å²) in [5.41, 5.74) is 0. The van der Waals surface area contributed by atoms with Gasteiger partial charge in [0, 0.05) is 37.1 Å². The fourth-order valence-electron chi connectivity index (χ4n) is 1.91. The van der Waals surface area contributed by atoms with Crippen LogP contribution in [-0.2, 0) is 4.79 Å². The second kappa shape index (κ2) is 7.95. The number of aliphatic hydroxyl groups is 1. The van der Waals surface area contributed by atoms with E-state index in [1.807, 2.05) is 11.8 Å². The lowest BCUT2D eigenvalue weighted by Crippen LogP contribution is -2.42. The van der Waals surface area contributed by atoms with E-state index in [2.05, 4.69) is 24.5 Å². The van der Waals surface area contributed by atoms with Crippen molar-refractivity contribution in [3.63, 3.8) is 0 Å². The highest BCUT2D eigenvalue weighted by atomic mass is 32.2. The van der Waals surface area contributed by atoms with E-state index >= 15 is 0 Å². The maximum absolute atomic E-state index is 11.6. The van der Waals surface area contributed by atoms with Crippen molar-refractivity contribution in [3.8, 4) is 0 Å². The van der Waals surface area contributed by atoms with Gasteiger partial charge in [-0.1, -0.05) is 13.8 Å². The predicted molar refractivity (Wildman–Crippen MR) is 72.2 cm³/mol. The molecular formula is C12H24N2O2S. The van der Waals surface area contributed by atoms with Gasteiger partial charge in [0.15, 0.2) is 0 Å². The Hall–Kier alpha value is -0.260. The Bertz CT molecular complexity index is 231. The topological polar surface area (TPSA) is 61.4 Å². The molecule has 5 heteroatoms. The highest BCUT2D eigenvalue weighted by Crippen LogP contribution is 2.10. The number of hydrogen-bond donors (Lipinski definition) is 3. The highest BCUT2D eigenvalue weighted by Gasteiger charge is 2.17. The van der Waals surface area contributed by atoms with Crippen molar-refractivity contribution in [2.45, 2.75) is 38.8 Å². The van der Waals surface area contributed by atoms with Crippen molar-refractivity contribution in [3.05, 3.63) is 0 Å². The first-order chi connectivity index (χ1) is 8.08. The number of nitrogens with one attached hydrogen (secondary N) is 2. The lowest BCUT2D eigenvalue weighted by molar-refractivity contribution is -0.122. The SMILES string of the molecule is CC(C)CC(O)CNC(=O)CC1CSCCN1. The van der Waals surface area contributed by atoms with Crippen molar-refractivity contribution >= 4 is 17.7 Å². The molecule has 0 aromatic heterocycles. The van der Waals surface area contributed by atoms with Gasteiger partial charge in [-0.05, 0) is 12.3 Å². The summed E-state index contributed by atoms with van der Waals surface area (Å²) < 4.78 is 0. The van der Waals surface area contributed by atoms with Gasteiger partial charge in [-0.2, -0.15) is 11.8 Å². The zero-order valence-corrected chi connectivity index (χ0v) is 11.6. The van der Waals surface area contributed by atoms with Crippen molar-refractivity contribution < 1.29 is 9.90 Å². The van der Waals surface area contributed by atoms with Crippen LogP contribution in [-0.4, -0.2) is 47.8 Å². The Labute approximate surface area is 108 Å². The largest absolute Gasteiger partial charge is 0.391 e. The Balaban J connectivity index is 2.11. The Morgan fingerprint density at radius 3 is 2.94 bits per heavy atom. The van der Waals surface area contributed by atoms with E-state index in [0.717, 1.165) is 24.5 Å². The fraction of sp³-hybridized carbons (Fsp3) is 0.917. The lowest BCUT2D eigenvalue weighted by Gasteiger charge is -2.23. The summed E-state index contributed by atoms with van der Waals surface area (Å²) in [7, 11) is 0. The molecule has 4 nitrogen and oxygen atoms in total. The molecule has 0 aromatic rings. The average Bonchev–Trinajstić information content (AvgIpc) is 2.27. The molecule has 0 bridgehead atoms. The maximum atomic E-state index is 11.6. The van der Waals surface area contributed by atoms with Crippen LogP contribution in [0.5, 0.6) is 0 Å². The van der Waals surface area contributed by atoms with Gasteiger partial charge in [0.05, 0.1) is 6.10 Å². The molecule has 0 aromatic carbocycles. The van der Waals surface area contributed by atoms with Gasteiger partial charge in [-0.25, -0.2) is 0 Å². The lowest BCUT2D eigenvalue weighted by atomic mass is 10.1. The maximum Gasteiger partial charge on any atom is 0.221 e. The van der Waals surface area contributed by atoms with Crippen molar-refractivity contribution in [1.82, 2.24) is 10.6 Å². The molecule has 1 rings (SSSR count). The fourth-order valence-corrected chi connectivity index (χ4v) is 2.85. The first-order valence-electron chi connectivity index (χ1n) is 6.33. The van der Waals surface area contributed by atoms with Gasteiger partial charge >= 0.3 is 0 Å². The van der Waals surface area contributed by atoms with Gasteiger partial charge in [0.25, 0.3) is 0 Å². The molecule has 1 aliphatic heterocycles. The van der Waals surface area contributed by atoms with Crippen LogP contribution in [0.25, 0.3) is 0 Å². The van der Waals surface area contributed by atoms with E-state index in [1.54, 1.807) is 0 Å². The first kappa shape index (κ1) is 14.8.